The first-order valence-corrected chi connectivity index (χ1v) is 14.2. The predicted octanol–water partition coefficient (Wildman–Crippen LogP) is 5.19. The molecule has 5 rings (SSSR count). The molecule has 2 amide bonds. The van der Waals surface area contributed by atoms with E-state index in [2.05, 4.69) is 25.9 Å². The van der Waals surface area contributed by atoms with E-state index in [4.69, 9.17) is 0 Å². The van der Waals surface area contributed by atoms with E-state index in [1.807, 2.05) is 0 Å². The average Bonchev–Trinajstić information content (AvgIpc) is 3.46. The molecule has 0 aliphatic carbocycles. The molecule has 42 heavy (non-hydrogen) atoms. The van der Waals surface area contributed by atoms with E-state index in [1.54, 1.807) is 23.6 Å². The summed E-state index contributed by atoms with van der Waals surface area (Å²) < 4.78 is 41.9. The number of piperidine rings is 1. The fourth-order valence-electron chi connectivity index (χ4n) is 4.97. The molecule has 4 N–H and O–H groups in total. The van der Waals surface area contributed by atoms with E-state index in [9.17, 15) is 32.7 Å². The molecule has 14 heteroatoms. The van der Waals surface area contributed by atoms with Gasteiger partial charge in [-0.05, 0) is 50.1 Å². The van der Waals surface area contributed by atoms with Crippen molar-refractivity contribution in [2.75, 3.05) is 18.4 Å². The summed E-state index contributed by atoms with van der Waals surface area (Å²) in [5, 5.41) is 19.4. The molecular weight excluding hydrogens is 573 g/mol. The number of amides is 2. The van der Waals surface area contributed by atoms with Crippen LogP contribution in [-0.2, 0) is 12.7 Å². The lowest BCUT2D eigenvalue weighted by atomic mass is 9.99. The van der Waals surface area contributed by atoms with Crippen LogP contribution in [0.1, 0.15) is 42.2 Å². The first kappa shape index (κ1) is 29.2. The molecule has 220 valence electrons. The SMILES string of the molecule is CCNC(=O)Nc1cc(-c2nc(C(F)(F)F)cs2)c(-c2ccc3c(c2)c(=O)c(C(=O)O)cn3CC2CCCCN2)cn1. The standard InChI is InChI=1S/C28H27F3N6O4S/c1-2-32-27(41)36-23-10-17(25-35-22(14-42-25)28(29,30)31)19(11-34-23)15-6-7-21-18(9-15)24(38)20(26(39)40)13-37(21)12-16-5-3-4-8-33-16/h6-7,9-11,13-14,16,33H,2-5,8,12H2,1H3,(H,39,40)(H2,32,34,36,41). The van der Waals surface area contributed by atoms with Crippen LogP contribution in [0.15, 0.2) is 46.8 Å². The number of hydrogen-bond donors (Lipinski definition) is 4. The molecule has 1 saturated heterocycles. The number of anilines is 1. The van der Waals surface area contributed by atoms with E-state index >= 15 is 0 Å². The van der Waals surface area contributed by atoms with Crippen LogP contribution >= 0.6 is 11.3 Å². The number of pyridine rings is 2. The first-order chi connectivity index (χ1) is 20.0. The number of carboxylic acids is 1. The Morgan fingerprint density at radius 3 is 2.69 bits per heavy atom. The number of urea groups is 1. The molecule has 1 fully saturated rings. The third-order valence-corrected chi connectivity index (χ3v) is 7.83. The quantitative estimate of drug-likeness (QED) is 0.229. The van der Waals surface area contributed by atoms with Crippen molar-refractivity contribution in [1.29, 1.82) is 0 Å². The predicted molar refractivity (Wildman–Crippen MR) is 153 cm³/mol. The Bertz CT molecular complexity index is 1710. The molecule has 1 unspecified atom stereocenters. The van der Waals surface area contributed by atoms with Crippen LogP contribution in [0.25, 0.3) is 32.6 Å². The van der Waals surface area contributed by atoms with Gasteiger partial charge in [0.25, 0.3) is 0 Å². The molecule has 0 radical (unpaired) electrons. The van der Waals surface area contributed by atoms with Crippen molar-refractivity contribution in [3.05, 3.63) is 63.5 Å². The Morgan fingerprint density at radius 2 is 2.02 bits per heavy atom. The summed E-state index contributed by atoms with van der Waals surface area (Å²) in [6.45, 7) is 3.39. The number of fused-ring (bicyclic) bond motifs is 1. The highest BCUT2D eigenvalue weighted by molar-refractivity contribution is 7.13. The maximum absolute atomic E-state index is 13.4. The van der Waals surface area contributed by atoms with E-state index in [1.165, 1.54) is 24.5 Å². The molecular formula is C28H27F3N6O4S. The second kappa shape index (κ2) is 11.9. The summed E-state index contributed by atoms with van der Waals surface area (Å²) in [4.78, 5) is 45.4. The van der Waals surface area contributed by atoms with Gasteiger partial charge in [0, 0.05) is 53.4 Å². The van der Waals surface area contributed by atoms with Gasteiger partial charge in [0.1, 0.15) is 16.4 Å². The monoisotopic (exact) mass is 600 g/mol. The third kappa shape index (κ3) is 6.14. The molecule has 1 aliphatic heterocycles. The first-order valence-electron chi connectivity index (χ1n) is 13.3. The summed E-state index contributed by atoms with van der Waals surface area (Å²) in [5.74, 6) is -1.27. The minimum Gasteiger partial charge on any atom is -0.477 e. The molecule has 0 saturated carbocycles. The fourth-order valence-corrected chi connectivity index (χ4v) is 5.82. The zero-order valence-electron chi connectivity index (χ0n) is 22.4. The number of rotatable bonds is 7. The topological polar surface area (TPSA) is 138 Å². The van der Waals surface area contributed by atoms with Crippen molar-refractivity contribution in [3.8, 4) is 21.7 Å². The lowest BCUT2D eigenvalue weighted by Gasteiger charge is -2.25. The van der Waals surface area contributed by atoms with Gasteiger partial charge < -0.3 is 20.3 Å². The fraction of sp³-hybridized carbons (Fsp3) is 0.321. The second-order valence-corrected chi connectivity index (χ2v) is 10.7. The summed E-state index contributed by atoms with van der Waals surface area (Å²) in [6.07, 6.45) is 1.08. The largest absolute Gasteiger partial charge is 0.477 e. The number of alkyl halides is 3. The van der Waals surface area contributed by atoms with Gasteiger partial charge in [-0.15, -0.1) is 11.3 Å². The highest BCUT2D eigenvalue weighted by atomic mass is 32.1. The maximum Gasteiger partial charge on any atom is 0.434 e. The van der Waals surface area contributed by atoms with Crippen LogP contribution in [0.3, 0.4) is 0 Å². The van der Waals surface area contributed by atoms with Gasteiger partial charge in [0.2, 0.25) is 5.43 Å². The van der Waals surface area contributed by atoms with Crippen LogP contribution in [0, 0.1) is 0 Å². The van der Waals surface area contributed by atoms with Crippen molar-refractivity contribution < 1.29 is 27.9 Å². The molecule has 10 nitrogen and oxygen atoms in total. The van der Waals surface area contributed by atoms with E-state index < -0.39 is 29.3 Å². The number of aromatic carboxylic acids is 1. The Kier molecular flexibility index (Phi) is 8.27. The second-order valence-electron chi connectivity index (χ2n) is 9.84. The number of carboxylic acid groups (broad SMARTS) is 1. The number of hydrogen-bond acceptors (Lipinski definition) is 7. The van der Waals surface area contributed by atoms with Crippen molar-refractivity contribution in [2.45, 2.75) is 44.9 Å². The molecule has 4 aromatic rings. The van der Waals surface area contributed by atoms with E-state index in [0.29, 0.717) is 29.7 Å². The van der Waals surface area contributed by atoms with E-state index in [-0.39, 0.29) is 33.4 Å². The number of nitrogens with zero attached hydrogens (tertiary/aromatic N) is 3. The minimum atomic E-state index is -4.65. The average molecular weight is 601 g/mol. The van der Waals surface area contributed by atoms with Gasteiger partial charge in [0.05, 0.1) is 5.52 Å². The number of carbonyl (C=O) groups is 2. The molecule has 3 aromatic heterocycles. The van der Waals surface area contributed by atoms with Gasteiger partial charge in [0.15, 0.2) is 5.69 Å². The van der Waals surface area contributed by atoms with Crippen molar-refractivity contribution in [3.63, 3.8) is 0 Å². The number of thiazole rings is 1. The van der Waals surface area contributed by atoms with Crippen molar-refractivity contribution in [1.82, 2.24) is 25.2 Å². The highest BCUT2D eigenvalue weighted by Crippen LogP contribution is 2.39. The smallest absolute Gasteiger partial charge is 0.434 e. The van der Waals surface area contributed by atoms with Gasteiger partial charge >= 0.3 is 18.2 Å². The Balaban J connectivity index is 1.65. The van der Waals surface area contributed by atoms with Crippen LogP contribution in [-0.4, -0.2) is 50.8 Å². The molecule has 1 atom stereocenters. The zero-order chi connectivity index (χ0) is 30.0. The summed E-state index contributed by atoms with van der Waals surface area (Å²) in [7, 11) is 0. The van der Waals surface area contributed by atoms with Gasteiger partial charge in [-0.25, -0.2) is 19.6 Å². The Hall–Kier alpha value is -4.30. The molecule has 0 spiro atoms. The summed E-state index contributed by atoms with van der Waals surface area (Å²) >= 11 is 0.773. The number of aromatic nitrogens is 3. The molecule has 4 heterocycles. The van der Waals surface area contributed by atoms with E-state index in [0.717, 1.165) is 42.5 Å². The summed E-state index contributed by atoms with van der Waals surface area (Å²) in [6, 6.07) is 5.88. The van der Waals surface area contributed by atoms with Crippen LogP contribution in [0.2, 0.25) is 0 Å². The number of benzene rings is 1. The van der Waals surface area contributed by atoms with Gasteiger partial charge in [-0.3, -0.25) is 10.1 Å². The van der Waals surface area contributed by atoms with Gasteiger partial charge in [-0.2, -0.15) is 13.2 Å². The molecule has 0 bridgehead atoms. The molecule has 1 aromatic carbocycles. The maximum atomic E-state index is 13.4. The lowest BCUT2D eigenvalue weighted by molar-refractivity contribution is -0.140. The number of nitrogens with one attached hydrogen (secondary N) is 3. The zero-order valence-corrected chi connectivity index (χ0v) is 23.2. The van der Waals surface area contributed by atoms with Crippen LogP contribution < -0.4 is 21.4 Å². The van der Waals surface area contributed by atoms with Crippen LogP contribution in [0.5, 0.6) is 0 Å². The van der Waals surface area contributed by atoms with Crippen molar-refractivity contribution >= 4 is 40.1 Å². The highest BCUT2D eigenvalue weighted by Gasteiger charge is 2.34. The number of carbonyl (C=O) groups excluding carboxylic acids is 1. The molecule has 1 aliphatic rings. The van der Waals surface area contributed by atoms with Crippen LogP contribution in [0.4, 0.5) is 23.8 Å². The lowest BCUT2D eigenvalue weighted by Crippen LogP contribution is -2.37. The normalized spacial score (nSPS) is 15.5. The Labute approximate surface area is 241 Å². The van der Waals surface area contributed by atoms with Crippen molar-refractivity contribution in [2.24, 2.45) is 0 Å². The minimum absolute atomic E-state index is 0.0267. The Morgan fingerprint density at radius 1 is 1.21 bits per heavy atom. The summed E-state index contributed by atoms with van der Waals surface area (Å²) in [5.41, 5.74) is -0.582. The third-order valence-electron chi connectivity index (χ3n) is 6.96. The number of halogens is 3. The van der Waals surface area contributed by atoms with Gasteiger partial charge in [-0.1, -0.05) is 12.5 Å².